The van der Waals surface area contributed by atoms with E-state index >= 15 is 0 Å². The molecule has 0 spiro atoms. The van der Waals surface area contributed by atoms with E-state index in [4.69, 9.17) is 11.6 Å². The summed E-state index contributed by atoms with van der Waals surface area (Å²) in [5.74, 6) is -0.585. The number of amides is 1. The molecule has 0 saturated heterocycles. The summed E-state index contributed by atoms with van der Waals surface area (Å²) in [6.07, 6.45) is 3.28. The number of carbonyl (C=O) groups is 2. The smallest absolute Gasteiger partial charge is 0.391 e. The van der Waals surface area contributed by atoms with Gasteiger partial charge in [0.25, 0.3) is 0 Å². The number of hydrogen-bond donors (Lipinski definition) is 1. The maximum Gasteiger partial charge on any atom is 0.391 e. The zero-order valence-corrected chi connectivity index (χ0v) is 18.3. The number of ether oxygens (including phenoxy) is 1. The number of halogens is 2. The molecule has 3 aromatic rings. The Morgan fingerprint density at radius 1 is 1.28 bits per heavy atom. The Morgan fingerprint density at radius 2 is 2.07 bits per heavy atom. The summed E-state index contributed by atoms with van der Waals surface area (Å²) in [7, 11) is 1.31. The van der Waals surface area contributed by atoms with E-state index in [1.165, 1.54) is 18.9 Å². The standard InChI is InChI=1S/C19H14BrClN4O3S/c1-28-18(27)12-6-7-15(13(20)10-12)23-17(26)11-29-19-24-22-8-9-25(19)16-5-3-2-4-14(16)21/h2-10H,11H2,1H3/p+1. The van der Waals surface area contributed by atoms with Gasteiger partial charge in [0.15, 0.2) is 5.69 Å². The van der Waals surface area contributed by atoms with Crippen molar-refractivity contribution in [2.45, 2.75) is 5.16 Å². The number of nitrogens with zero attached hydrogens (tertiary/aromatic N) is 3. The number of hydrogen-bond acceptors (Lipinski definition) is 6. The lowest BCUT2D eigenvalue weighted by molar-refractivity contribution is -0.642. The van der Waals surface area contributed by atoms with Crippen LogP contribution in [0, 0.1) is 0 Å². The highest BCUT2D eigenvalue weighted by atomic mass is 79.9. The van der Waals surface area contributed by atoms with Crippen LogP contribution in [0.4, 0.5) is 5.69 Å². The molecule has 0 saturated carbocycles. The second-order valence-corrected chi connectivity index (χ2v) is 7.84. The average molecular weight is 495 g/mol. The Hall–Kier alpha value is -2.49. The molecule has 1 aromatic heterocycles. The first-order valence-corrected chi connectivity index (χ1v) is 10.4. The molecule has 1 heterocycles. The maximum absolute atomic E-state index is 12.4. The molecule has 7 nitrogen and oxygen atoms in total. The molecular weight excluding hydrogens is 480 g/mol. The topological polar surface area (TPSA) is 85.1 Å². The van der Waals surface area contributed by atoms with Crippen LogP contribution in [0.3, 0.4) is 0 Å². The van der Waals surface area contributed by atoms with Gasteiger partial charge in [0, 0.05) is 4.47 Å². The molecule has 0 aliphatic carbocycles. The summed E-state index contributed by atoms with van der Waals surface area (Å²) in [6.45, 7) is 0. The minimum Gasteiger partial charge on any atom is -0.465 e. The first-order chi connectivity index (χ1) is 14.0. The average Bonchev–Trinajstić information content (AvgIpc) is 2.74. The van der Waals surface area contributed by atoms with Crippen LogP contribution in [0.5, 0.6) is 0 Å². The highest BCUT2D eigenvalue weighted by Crippen LogP contribution is 2.25. The largest absolute Gasteiger partial charge is 0.465 e. The third-order valence-electron chi connectivity index (χ3n) is 3.74. The van der Waals surface area contributed by atoms with Gasteiger partial charge in [-0.05, 0) is 63.1 Å². The number of carbonyl (C=O) groups excluding carboxylic acids is 2. The Kier molecular flexibility index (Phi) is 7.18. The van der Waals surface area contributed by atoms with Gasteiger partial charge >= 0.3 is 11.1 Å². The van der Waals surface area contributed by atoms with E-state index in [1.807, 2.05) is 18.2 Å². The van der Waals surface area contributed by atoms with Crippen LogP contribution in [-0.2, 0) is 9.53 Å². The van der Waals surface area contributed by atoms with Crippen LogP contribution in [-0.4, -0.2) is 34.9 Å². The third kappa shape index (κ3) is 5.31. The summed E-state index contributed by atoms with van der Waals surface area (Å²) >= 11 is 10.8. The van der Waals surface area contributed by atoms with Gasteiger partial charge < -0.3 is 10.1 Å². The van der Waals surface area contributed by atoms with Crippen LogP contribution >= 0.6 is 39.3 Å². The van der Waals surface area contributed by atoms with Crippen molar-refractivity contribution >= 4 is 56.9 Å². The van der Waals surface area contributed by atoms with E-state index in [-0.39, 0.29) is 11.7 Å². The molecule has 1 amide bonds. The number of nitrogens with one attached hydrogen (secondary N) is 1. The quantitative estimate of drug-likeness (QED) is 0.320. The lowest BCUT2D eigenvalue weighted by atomic mass is 10.2. The molecule has 148 valence electrons. The number of methoxy groups -OCH3 is 1. The van der Waals surface area contributed by atoms with Crippen molar-refractivity contribution in [1.29, 1.82) is 0 Å². The molecule has 1 N–H and O–H groups in total. The summed E-state index contributed by atoms with van der Waals surface area (Å²) in [5, 5.41) is 11.9. The second-order valence-electron chi connectivity index (χ2n) is 5.64. The highest BCUT2D eigenvalue weighted by Gasteiger charge is 2.20. The fraction of sp³-hybridized carbons (Fsp3) is 0.105. The minimum atomic E-state index is -0.453. The molecule has 0 radical (unpaired) electrons. The number of anilines is 1. The van der Waals surface area contributed by atoms with Gasteiger partial charge in [-0.3, -0.25) is 4.79 Å². The molecule has 3 rings (SSSR count). The van der Waals surface area contributed by atoms with E-state index in [1.54, 1.807) is 41.2 Å². The zero-order chi connectivity index (χ0) is 20.8. The van der Waals surface area contributed by atoms with Gasteiger partial charge in [0.05, 0.1) is 34.2 Å². The summed E-state index contributed by atoms with van der Waals surface area (Å²) in [6, 6.07) is 12.1. The van der Waals surface area contributed by atoms with Crippen LogP contribution in [0.15, 0.2) is 64.5 Å². The van der Waals surface area contributed by atoms with Gasteiger partial charge in [-0.15, -0.1) is 0 Å². The molecule has 2 aromatic carbocycles. The van der Waals surface area contributed by atoms with Crippen molar-refractivity contribution in [1.82, 2.24) is 10.2 Å². The van der Waals surface area contributed by atoms with Gasteiger partial charge in [-0.1, -0.05) is 23.7 Å². The lowest BCUT2D eigenvalue weighted by Gasteiger charge is -2.08. The number of benzene rings is 2. The van der Waals surface area contributed by atoms with Crippen LogP contribution in [0.1, 0.15) is 10.4 Å². The molecular formula is C19H15BrClN4O3S+. The van der Waals surface area contributed by atoms with Crippen LogP contribution < -0.4 is 9.88 Å². The monoisotopic (exact) mass is 493 g/mol. The fourth-order valence-electron chi connectivity index (χ4n) is 2.40. The van der Waals surface area contributed by atoms with Gasteiger partial charge in [0.2, 0.25) is 5.91 Å². The fourth-order valence-corrected chi connectivity index (χ4v) is 3.84. The summed E-state index contributed by atoms with van der Waals surface area (Å²) in [4.78, 5) is 24.0. The van der Waals surface area contributed by atoms with Gasteiger partial charge in [-0.2, -0.15) is 4.57 Å². The Bertz CT molecular complexity index is 1070. The second kappa shape index (κ2) is 9.82. The number of para-hydroxylation sites is 1. The molecule has 0 unspecified atom stereocenters. The third-order valence-corrected chi connectivity index (χ3v) is 5.66. The van der Waals surface area contributed by atoms with Crippen LogP contribution in [0.2, 0.25) is 5.02 Å². The molecule has 0 aliphatic heterocycles. The first-order valence-electron chi connectivity index (χ1n) is 8.28. The summed E-state index contributed by atoms with van der Waals surface area (Å²) in [5.41, 5.74) is 1.67. The number of thioether (sulfide) groups is 1. The van der Waals surface area contributed by atoms with Crippen molar-refractivity contribution < 1.29 is 18.9 Å². The Morgan fingerprint density at radius 3 is 2.79 bits per heavy atom. The van der Waals surface area contributed by atoms with Crippen molar-refractivity contribution in [2.24, 2.45) is 0 Å². The van der Waals surface area contributed by atoms with E-state index in [0.29, 0.717) is 25.9 Å². The Labute approximate surface area is 184 Å². The molecule has 10 heteroatoms. The number of rotatable bonds is 6. The summed E-state index contributed by atoms with van der Waals surface area (Å²) < 4.78 is 7.03. The Balaban J connectivity index is 1.69. The maximum atomic E-state index is 12.4. The highest BCUT2D eigenvalue weighted by molar-refractivity contribution is 9.10. The van der Waals surface area contributed by atoms with Crippen molar-refractivity contribution in [3.63, 3.8) is 0 Å². The zero-order valence-electron chi connectivity index (χ0n) is 15.1. The van der Waals surface area contributed by atoms with E-state index in [0.717, 1.165) is 5.69 Å². The van der Waals surface area contributed by atoms with Crippen molar-refractivity contribution in [2.75, 3.05) is 18.2 Å². The van der Waals surface area contributed by atoms with Crippen LogP contribution in [0.25, 0.3) is 5.69 Å². The predicted molar refractivity (Wildman–Crippen MR) is 113 cm³/mol. The minimum absolute atomic E-state index is 0.105. The predicted octanol–water partition coefficient (Wildman–Crippen LogP) is 3.69. The van der Waals surface area contributed by atoms with Gasteiger partial charge in [0.1, 0.15) is 12.4 Å². The normalized spacial score (nSPS) is 10.4. The van der Waals surface area contributed by atoms with E-state index < -0.39 is 5.97 Å². The first kappa shape index (κ1) is 21.2. The van der Waals surface area contributed by atoms with E-state index in [9.17, 15) is 9.59 Å². The molecule has 0 bridgehead atoms. The number of aromatic nitrogens is 3. The van der Waals surface area contributed by atoms with Crippen molar-refractivity contribution in [3.8, 4) is 5.69 Å². The molecule has 29 heavy (non-hydrogen) atoms. The number of esters is 1. The van der Waals surface area contributed by atoms with E-state index in [2.05, 4.69) is 36.2 Å². The SMILES string of the molecule is COC(=O)c1ccc(NC(=O)CSc2nncc[n+]2-c2ccccc2Cl)c(Br)c1. The molecule has 0 fully saturated rings. The molecule has 0 atom stereocenters. The van der Waals surface area contributed by atoms with Gasteiger partial charge in [-0.25, -0.2) is 4.79 Å². The van der Waals surface area contributed by atoms with Crippen molar-refractivity contribution in [3.05, 3.63) is 69.9 Å². The lowest BCUT2D eigenvalue weighted by Crippen LogP contribution is -2.35. The molecule has 0 aliphatic rings.